The van der Waals surface area contributed by atoms with Gasteiger partial charge in [-0.05, 0) is 48.6 Å². The minimum Gasteiger partial charge on any atom is -0.487 e. The third kappa shape index (κ3) is 5.42. The van der Waals surface area contributed by atoms with Crippen LogP contribution in [0.3, 0.4) is 0 Å². The summed E-state index contributed by atoms with van der Waals surface area (Å²) in [7, 11) is 1.62. The number of carbonyl (C=O) groups excluding carboxylic acids is 1. The van der Waals surface area contributed by atoms with Crippen LogP contribution in [0.5, 0.6) is 5.75 Å². The molecule has 0 radical (unpaired) electrons. The highest BCUT2D eigenvalue weighted by molar-refractivity contribution is 5.79. The van der Waals surface area contributed by atoms with E-state index in [0.717, 1.165) is 40.8 Å². The van der Waals surface area contributed by atoms with Gasteiger partial charge in [0.2, 0.25) is 0 Å². The van der Waals surface area contributed by atoms with Crippen molar-refractivity contribution in [2.45, 2.75) is 51.0 Å². The third-order valence-electron chi connectivity index (χ3n) is 6.11. The highest BCUT2D eigenvalue weighted by Crippen LogP contribution is 2.36. The average molecular weight is 419 g/mol. The van der Waals surface area contributed by atoms with Gasteiger partial charge in [-0.2, -0.15) is 5.48 Å². The van der Waals surface area contributed by atoms with E-state index in [1.807, 2.05) is 48.5 Å². The zero-order valence-electron chi connectivity index (χ0n) is 18.0. The number of rotatable bonds is 7. The molecule has 1 aliphatic rings. The van der Waals surface area contributed by atoms with Crippen molar-refractivity contribution in [3.8, 4) is 5.75 Å². The summed E-state index contributed by atoms with van der Waals surface area (Å²) in [5.74, 6) is 0.627. The van der Waals surface area contributed by atoms with Crippen molar-refractivity contribution < 1.29 is 14.4 Å². The number of hydroxylamine groups is 1. The molecule has 1 aliphatic carbocycles. The normalized spacial score (nSPS) is 15.9. The number of benzene rings is 2. The lowest BCUT2D eigenvalue weighted by atomic mass is 9.81. The minimum atomic E-state index is -0.248. The monoisotopic (exact) mass is 418 g/mol. The Morgan fingerprint density at radius 2 is 1.74 bits per heavy atom. The van der Waals surface area contributed by atoms with E-state index in [1.54, 1.807) is 7.05 Å². The maximum absolute atomic E-state index is 12.7. The van der Waals surface area contributed by atoms with E-state index in [1.165, 1.54) is 25.7 Å². The SMILES string of the molecule is CNOC(=O)C(c1ccc(OCc2ccc3ccccc3n2)cc1)C1CCCCCC1. The molecule has 0 saturated heterocycles. The number of aromatic nitrogens is 1. The summed E-state index contributed by atoms with van der Waals surface area (Å²) in [6, 6.07) is 20.0. The van der Waals surface area contributed by atoms with Crippen molar-refractivity contribution in [1.82, 2.24) is 10.5 Å². The second-order valence-corrected chi connectivity index (χ2v) is 8.21. The number of hydrogen-bond donors (Lipinski definition) is 1. The number of ether oxygens (including phenoxy) is 1. The van der Waals surface area contributed by atoms with Gasteiger partial charge in [0, 0.05) is 12.4 Å². The molecule has 1 heterocycles. The molecule has 162 valence electrons. The maximum Gasteiger partial charge on any atom is 0.332 e. The molecule has 1 unspecified atom stereocenters. The molecule has 31 heavy (non-hydrogen) atoms. The van der Waals surface area contributed by atoms with Gasteiger partial charge in [0.15, 0.2) is 0 Å². The van der Waals surface area contributed by atoms with Crippen molar-refractivity contribution in [2.75, 3.05) is 7.05 Å². The number of fused-ring (bicyclic) bond motifs is 1. The van der Waals surface area contributed by atoms with E-state index in [9.17, 15) is 4.79 Å². The summed E-state index contributed by atoms with van der Waals surface area (Å²) in [5.41, 5.74) is 5.39. The van der Waals surface area contributed by atoms with Crippen LogP contribution < -0.4 is 10.2 Å². The predicted octanol–water partition coefficient (Wildman–Crippen LogP) is 5.55. The van der Waals surface area contributed by atoms with Crippen molar-refractivity contribution in [3.63, 3.8) is 0 Å². The highest BCUT2D eigenvalue weighted by Gasteiger charge is 2.31. The van der Waals surface area contributed by atoms with E-state index in [-0.39, 0.29) is 11.9 Å². The van der Waals surface area contributed by atoms with Gasteiger partial charge < -0.3 is 9.57 Å². The molecule has 4 rings (SSSR count). The van der Waals surface area contributed by atoms with E-state index < -0.39 is 0 Å². The number of hydrogen-bond acceptors (Lipinski definition) is 5. The van der Waals surface area contributed by atoms with Gasteiger partial charge in [0.25, 0.3) is 0 Å². The molecule has 1 aromatic heterocycles. The van der Waals surface area contributed by atoms with Crippen LogP contribution in [0.15, 0.2) is 60.7 Å². The fraction of sp³-hybridized carbons (Fsp3) is 0.385. The second-order valence-electron chi connectivity index (χ2n) is 8.21. The van der Waals surface area contributed by atoms with Crippen molar-refractivity contribution in [3.05, 3.63) is 71.9 Å². The number of nitrogens with zero attached hydrogens (tertiary/aromatic N) is 1. The Bertz CT molecular complexity index is 995. The first kappa shape index (κ1) is 21.3. The van der Waals surface area contributed by atoms with Crippen LogP contribution in [-0.4, -0.2) is 18.0 Å². The van der Waals surface area contributed by atoms with Gasteiger partial charge in [-0.1, -0.05) is 62.1 Å². The zero-order valence-corrected chi connectivity index (χ0v) is 18.0. The van der Waals surface area contributed by atoms with Crippen molar-refractivity contribution in [1.29, 1.82) is 0 Å². The average Bonchev–Trinajstić information content (AvgIpc) is 3.08. The van der Waals surface area contributed by atoms with E-state index in [0.29, 0.717) is 12.5 Å². The molecule has 1 fully saturated rings. The smallest absolute Gasteiger partial charge is 0.332 e. The van der Waals surface area contributed by atoms with Gasteiger partial charge in [0.05, 0.1) is 17.1 Å². The first-order chi connectivity index (χ1) is 15.2. The molecule has 5 heteroatoms. The second kappa shape index (κ2) is 10.4. The predicted molar refractivity (Wildman–Crippen MR) is 122 cm³/mol. The third-order valence-corrected chi connectivity index (χ3v) is 6.11. The van der Waals surface area contributed by atoms with Crippen LogP contribution in [0.4, 0.5) is 0 Å². The Morgan fingerprint density at radius 3 is 2.48 bits per heavy atom. The van der Waals surface area contributed by atoms with Crippen molar-refractivity contribution >= 4 is 16.9 Å². The molecule has 2 aromatic carbocycles. The zero-order chi connectivity index (χ0) is 21.5. The molecular formula is C26H30N2O3. The largest absolute Gasteiger partial charge is 0.487 e. The number of carbonyl (C=O) groups is 1. The molecule has 1 atom stereocenters. The number of nitrogens with one attached hydrogen (secondary N) is 1. The Morgan fingerprint density at radius 1 is 1.00 bits per heavy atom. The molecule has 1 saturated carbocycles. The Hall–Kier alpha value is -2.92. The minimum absolute atomic E-state index is 0.205. The van der Waals surface area contributed by atoms with Crippen molar-refractivity contribution in [2.24, 2.45) is 5.92 Å². The van der Waals surface area contributed by atoms with Crippen LogP contribution in [0.25, 0.3) is 10.9 Å². The first-order valence-electron chi connectivity index (χ1n) is 11.2. The Labute approximate surface area is 183 Å². The number of para-hydroxylation sites is 1. The molecule has 0 aliphatic heterocycles. The van der Waals surface area contributed by atoms with Gasteiger partial charge in [-0.3, -0.25) is 0 Å². The van der Waals surface area contributed by atoms with Crippen LogP contribution >= 0.6 is 0 Å². The quantitative estimate of drug-likeness (QED) is 0.403. The highest BCUT2D eigenvalue weighted by atomic mass is 16.7. The summed E-state index contributed by atoms with van der Waals surface area (Å²) < 4.78 is 5.96. The summed E-state index contributed by atoms with van der Waals surface area (Å²) in [6.07, 6.45) is 6.98. The van der Waals surface area contributed by atoms with Crippen LogP contribution in [-0.2, 0) is 16.2 Å². The molecule has 0 amide bonds. The molecule has 0 spiro atoms. The maximum atomic E-state index is 12.7. The molecule has 5 nitrogen and oxygen atoms in total. The van der Waals surface area contributed by atoms with Gasteiger partial charge in [0.1, 0.15) is 12.4 Å². The van der Waals surface area contributed by atoms with Crippen LogP contribution in [0.1, 0.15) is 55.7 Å². The van der Waals surface area contributed by atoms with E-state index in [4.69, 9.17) is 9.57 Å². The van der Waals surface area contributed by atoms with Crippen LogP contribution in [0.2, 0.25) is 0 Å². The standard InChI is InChI=1S/C26H30N2O3/c1-27-31-26(29)25(20-9-4-2-3-5-10-20)21-13-16-23(17-14-21)30-18-22-15-12-19-8-6-7-11-24(19)28-22/h6-8,11-17,20,25,27H,2-5,9-10,18H2,1H3. The fourth-order valence-electron chi connectivity index (χ4n) is 4.53. The molecular weight excluding hydrogens is 388 g/mol. The Kier molecular flexibility index (Phi) is 7.15. The lowest BCUT2D eigenvalue weighted by Crippen LogP contribution is -2.27. The lowest BCUT2D eigenvalue weighted by molar-refractivity contribution is -0.153. The molecule has 0 bridgehead atoms. The number of pyridine rings is 1. The summed E-state index contributed by atoms with van der Waals surface area (Å²) in [4.78, 5) is 22.6. The molecule has 1 N–H and O–H groups in total. The fourth-order valence-corrected chi connectivity index (χ4v) is 4.53. The molecule has 3 aromatic rings. The summed E-state index contributed by atoms with van der Waals surface area (Å²) in [5, 5.41) is 1.12. The van der Waals surface area contributed by atoms with Gasteiger partial charge in [-0.25, -0.2) is 9.78 Å². The topological polar surface area (TPSA) is 60.5 Å². The summed E-state index contributed by atoms with van der Waals surface area (Å²) in [6.45, 7) is 0.401. The Balaban J connectivity index is 1.45. The van der Waals surface area contributed by atoms with Crippen LogP contribution in [0, 0.1) is 5.92 Å². The van der Waals surface area contributed by atoms with Gasteiger partial charge in [-0.15, -0.1) is 0 Å². The van der Waals surface area contributed by atoms with E-state index >= 15 is 0 Å². The lowest BCUT2D eigenvalue weighted by Gasteiger charge is -2.24. The first-order valence-corrected chi connectivity index (χ1v) is 11.2. The van der Waals surface area contributed by atoms with Gasteiger partial charge >= 0.3 is 5.97 Å². The summed E-state index contributed by atoms with van der Waals surface area (Å²) >= 11 is 0. The van der Waals surface area contributed by atoms with E-state index in [2.05, 4.69) is 22.6 Å².